The van der Waals surface area contributed by atoms with Crippen molar-refractivity contribution in [1.82, 2.24) is 9.97 Å². The zero-order valence-corrected chi connectivity index (χ0v) is 8.33. The van der Waals surface area contributed by atoms with Crippen LogP contribution in [0.25, 0.3) is 0 Å². The molecule has 0 aromatic carbocycles. The molecule has 0 aliphatic carbocycles. The van der Waals surface area contributed by atoms with Gasteiger partial charge < -0.3 is 4.90 Å². The molecule has 4 heteroatoms. The number of rotatable bonds is 1. The molecule has 1 aliphatic rings. The van der Waals surface area contributed by atoms with E-state index in [-0.39, 0.29) is 5.38 Å². The van der Waals surface area contributed by atoms with Crippen LogP contribution in [-0.4, -0.2) is 28.4 Å². The predicted octanol–water partition coefficient (Wildman–Crippen LogP) is 1.60. The standard InChI is InChI=1S/C9H12ClN3/c1-7-4-9(12-6-11-7)13-3-2-8(10)5-13/h4,6,8H,2-3,5H2,1H3. The molecule has 1 unspecified atom stereocenters. The van der Waals surface area contributed by atoms with Crippen LogP contribution in [0.15, 0.2) is 12.4 Å². The molecule has 1 saturated heterocycles. The van der Waals surface area contributed by atoms with E-state index in [1.807, 2.05) is 13.0 Å². The molecule has 1 atom stereocenters. The van der Waals surface area contributed by atoms with E-state index in [0.29, 0.717) is 0 Å². The van der Waals surface area contributed by atoms with Gasteiger partial charge >= 0.3 is 0 Å². The first-order valence-electron chi connectivity index (χ1n) is 4.43. The summed E-state index contributed by atoms with van der Waals surface area (Å²) in [5.41, 5.74) is 1.00. The van der Waals surface area contributed by atoms with Crippen molar-refractivity contribution < 1.29 is 0 Å². The van der Waals surface area contributed by atoms with E-state index < -0.39 is 0 Å². The maximum atomic E-state index is 6.01. The number of alkyl halides is 1. The third-order valence-electron chi connectivity index (χ3n) is 2.24. The lowest BCUT2D eigenvalue weighted by Crippen LogP contribution is -2.20. The lowest BCUT2D eigenvalue weighted by molar-refractivity contribution is 0.920. The number of nitrogens with zero attached hydrogens (tertiary/aromatic N) is 3. The van der Waals surface area contributed by atoms with Gasteiger partial charge in [0.2, 0.25) is 0 Å². The monoisotopic (exact) mass is 197 g/mol. The van der Waals surface area contributed by atoms with Crippen LogP contribution >= 0.6 is 11.6 Å². The van der Waals surface area contributed by atoms with E-state index in [1.54, 1.807) is 6.33 Å². The highest BCUT2D eigenvalue weighted by molar-refractivity contribution is 6.21. The van der Waals surface area contributed by atoms with Crippen LogP contribution in [0.4, 0.5) is 5.82 Å². The summed E-state index contributed by atoms with van der Waals surface area (Å²) in [6, 6.07) is 1.99. The van der Waals surface area contributed by atoms with Gasteiger partial charge in [0.1, 0.15) is 12.1 Å². The molecule has 1 aromatic rings. The fourth-order valence-electron chi connectivity index (χ4n) is 1.54. The Kier molecular flexibility index (Phi) is 2.36. The zero-order valence-electron chi connectivity index (χ0n) is 7.57. The number of aryl methyl sites for hydroxylation is 1. The van der Waals surface area contributed by atoms with Crippen LogP contribution in [0.5, 0.6) is 0 Å². The topological polar surface area (TPSA) is 29.0 Å². The van der Waals surface area contributed by atoms with Crippen molar-refractivity contribution >= 4 is 17.4 Å². The molecule has 0 spiro atoms. The quantitative estimate of drug-likeness (QED) is 0.641. The van der Waals surface area contributed by atoms with Crippen molar-refractivity contribution in [2.75, 3.05) is 18.0 Å². The highest BCUT2D eigenvalue weighted by atomic mass is 35.5. The fourth-order valence-corrected chi connectivity index (χ4v) is 1.80. The largest absolute Gasteiger partial charge is 0.355 e. The second-order valence-electron chi connectivity index (χ2n) is 3.35. The lowest BCUT2D eigenvalue weighted by atomic mass is 10.4. The molecule has 1 fully saturated rings. The lowest BCUT2D eigenvalue weighted by Gasteiger charge is -2.15. The second-order valence-corrected chi connectivity index (χ2v) is 3.97. The van der Waals surface area contributed by atoms with Gasteiger partial charge in [0, 0.05) is 24.8 Å². The Labute approximate surface area is 82.8 Å². The summed E-state index contributed by atoms with van der Waals surface area (Å²) in [7, 11) is 0. The highest BCUT2D eigenvalue weighted by Gasteiger charge is 2.21. The van der Waals surface area contributed by atoms with Crippen LogP contribution in [0.2, 0.25) is 0 Å². The predicted molar refractivity (Wildman–Crippen MR) is 53.2 cm³/mol. The molecule has 0 saturated carbocycles. The summed E-state index contributed by atoms with van der Waals surface area (Å²) < 4.78 is 0. The minimum Gasteiger partial charge on any atom is -0.355 e. The Morgan fingerprint density at radius 2 is 2.38 bits per heavy atom. The Hall–Kier alpha value is -0.830. The summed E-state index contributed by atoms with van der Waals surface area (Å²) in [6.45, 7) is 3.88. The van der Waals surface area contributed by atoms with E-state index in [0.717, 1.165) is 31.0 Å². The van der Waals surface area contributed by atoms with Gasteiger partial charge in [-0.3, -0.25) is 0 Å². The minimum atomic E-state index is 0.273. The van der Waals surface area contributed by atoms with E-state index >= 15 is 0 Å². The first kappa shape index (κ1) is 8.75. The van der Waals surface area contributed by atoms with Crippen molar-refractivity contribution in [1.29, 1.82) is 0 Å². The van der Waals surface area contributed by atoms with Crippen LogP contribution in [-0.2, 0) is 0 Å². The average molecular weight is 198 g/mol. The van der Waals surface area contributed by atoms with Crippen LogP contribution in [0.3, 0.4) is 0 Å². The molecular weight excluding hydrogens is 186 g/mol. The van der Waals surface area contributed by atoms with Gasteiger partial charge in [-0.2, -0.15) is 0 Å². The van der Waals surface area contributed by atoms with Gasteiger partial charge in [0.25, 0.3) is 0 Å². The van der Waals surface area contributed by atoms with Crippen LogP contribution < -0.4 is 4.90 Å². The number of hydrogen-bond donors (Lipinski definition) is 0. The molecule has 0 bridgehead atoms. The van der Waals surface area contributed by atoms with Gasteiger partial charge in [0.15, 0.2) is 0 Å². The summed E-state index contributed by atoms with van der Waals surface area (Å²) in [5.74, 6) is 0.996. The van der Waals surface area contributed by atoms with Crippen LogP contribution in [0.1, 0.15) is 12.1 Å². The second kappa shape index (κ2) is 3.50. The SMILES string of the molecule is Cc1cc(N2CCC(Cl)C2)ncn1. The normalized spacial score (nSPS) is 22.3. The number of anilines is 1. The van der Waals surface area contributed by atoms with Crippen molar-refractivity contribution in [2.45, 2.75) is 18.7 Å². The summed E-state index contributed by atoms with van der Waals surface area (Å²) in [4.78, 5) is 10.5. The number of hydrogen-bond acceptors (Lipinski definition) is 3. The van der Waals surface area contributed by atoms with Crippen molar-refractivity contribution in [3.05, 3.63) is 18.1 Å². The molecule has 2 heterocycles. The van der Waals surface area contributed by atoms with Gasteiger partial charge in [-0.25, -0.2) is 9.97 Å². The van der Waals surface area contributed by atoms with Crippen molar-refractivity contribution in [2.24, 2.45) is 0 Å². The zero-order chi connectivity index (χ0) is 9.26. The summed E-state index contributed by atoms with van der Waals surface area (Å²) in [6.07, 6.45) is 2.65. The van der Waals surface area contributed by atoms with E-state index in [9.17, 15) is 0 Å². The van der Waals surface area contributed by atoms with Crippen molar-refractivity contribution in [3.63, 3.8) is 0 Å². The Balaban J connectivity index is 2.16. The number of aromatic nitrogens is 2. The first-order valence-corrected chi connectivity index (χ1v) is 4.87. The highest BCUT2D eigenvalue weighted by Crippen LogP contribution is 2.20. The Morgan fingerprint density at radius 3 is 3.00 bits per heavy atom. The molecular formula is C9H12ClN3. The molecule has 2 rings (SSSR count). The third kappa shape index (κ3) is 1.91. The smallest absolute Gasteiger partial charge is 0.132 e. The summed E-state index contributed by atoms with van der Waals surface area (Å²) in [5, 5.41) is 0.273. The molecule has 3 nitrogen and oxygen atoms in total. The van der Waals surface area contributed by atoms with Gasteiger partial charge in [-0.05, 0) is 13.3 Å². The van der Waals surface area contributed by atoms with Crippen molar-refractivity contribution in [3.8, 4) is 0 Å². The van der Waals surface area contributed by atoms with Crippen LogP contribution in [0, 0.1) is 6.92 Å². The first-order chi connectivity index (χ1) is 6.25. The maximum Gasteiger partial charge on any atom is 0.132 e. The number of halogens is 1. The van der Waals surface area contributed by atoms with Gasteiger partial charge in [0.05, 0.1) is 5.38 Å². The maximum absolute atomic E-state index is 6.01. The fraction of sp³-hybridized carbons (Fsp3) is 0.556. The third-order valence-corrected chi connectivity index (χ3v) is 2.60. The molecule has 0 radical (unpaired) electrons. The Morgan fingerprint density at radius 1 is 1.54 bits per heavy atom. The molecule has 70 valence electrons. The van der Waals surface area contributed by atoms with Gasteiger partial charge in [-0.1, -0.05) is 0 Å². The summed E-state index contributed by atoms with van der Waals surface area (Å²) >= 11 is 6.01. The van der Waals surface area contributed by atoms with Gasteiger partial charge in [-0.15, -0.1) is 11.6 Å². The molecule has 0 N–H and O–H groups in total. The minimum absolute atomic E-state index is 0.273. The van der Waals surface area contributed by atoms with E-state index in [4.69, 9.17) is 11.6 Å². The molecule has 13 heavy (non-hydrogen) atoms. The van der Waals surface area contributed by atoms with E-state index in [1.165, 1.54) is 0 Å². The molecule has 1 aliphatic heterocycles. The molecule has 0 amide bonds. The average Bonchev–Trinajstić information content (AvgIpc) is 2.52. The molecule has 1 aromatic heterocycles. The van der Waals surface area contributed by atoms with E-state index in [2.05, 4.69) is 14.9 Å². The Bertz CT molecular complexity index is 303.